The van der Waals surface area contributed by atoms with Crippen LogP contribution in [0.2, 0.25) is 0 Å². The van der Waals surface area contributed by atoms with Crippen LogP contribution in [-0.2, 0) is 6.42 Å². The molecule has 1 saturated heterocycles. The first-order valence-electron chi connectivity index (χ1n) is 7.08. The summed E-state index contributed by atoms with van der Waals surface area (Å²) >= 11 is 0. The quantitative estimate of drug-likeness (QED) is 0.916. The molecule has 1 aliphatic heterocycles. The lowest BCUT2D eigenvalue weighted by Gasteiger charge is -2.22. The van der Waals surface area contributed by atoms with Gasteiger partial charge in [-0.15, -0.1) is 0 Å². The van der Waals surface area contributed by atoms with E-state index >= 15 is 0 Å². The molecule has 0 unspecified atom stereocenters. The molecule has 100 valence electrons. The van der Waals surface area contributed by atoms with E-state index in [1.807, 2.05) is 12.4 Å². The molecule has 0 saturated carbocycles. The highest BCUT2D eigenvalue weighted by atomic mass is 15.1. The molecular formula is C15H20N4. The Kier molecular flexibility index (Phi) is 3.60. The van der Waals surface area contributed by atoms with Gasteiger partial charge in [0.2, 0.25) is 0 Å². The number of hydrogen-bond acceptors (Lipinski definition) is 3. The van der Waals surface area contributed by atoms with Gasteiger partial charge in [0.25, 0.3) is 0 Å². The second-order valence-electron chi connectivity index (χ2n) is 5.03. The molecule has 0 spiro atoms. The number of nitrogens with zero attached hydrogens (tertiary/aromatic N) is 3. The Morgan fingerprint density at radius 1 is 1.42 bits per heavy atom. The van der Waals surface area contributed by atoms with Crippen LogP contribution in [0.5, 0.6) is 0 Å². The largest absolute Gasteiger partial charge is 0.316 e. The molecule has 0 radical (unpaired) electrons. The average molecular weight is 256 g/mol. The van der Waals surface area contributed by atoms with Crippen LogP contribution < -0.4 is 5.32 Å². The van der Waals surface area contributed by atoms with Gasteiger partial charge < -0.3 is 5.32 Å². The van der Waals surface area contributed by atoms with E-state index in [0.717, 1.165) is 31.2 Å². The Balaban J connectivity index is 1.91. The molecule has 4 heteroatoms. The van der Waals surface area contributed by atoms with Crippen LogP contribution in [0.15, 0.2) is 30.6 Å². The molecule has 19 heavy (non-hydrogen) atoms. The molecule has 1 aliphatic rings. The number of hydrogen-bond donors (Lipinski definition) is 1. The zero-order valence-electron chi connectivity index (χ0n) is 11.3. The number of rotatable bonds is 3. The van der Waals surface area contributed by atoms with E-state index in [0.29, 0.717) is 5.92 Å². The molecule has 2 aromatic rings. The zero-order chi connectivity index (χ0) is 13.1. The van der Waals surface area contributed by atoms with Gasteiger partial charge in [-0.3, -0.25) is 4.57 Å². The highest BCUT2D eigenvalue weighted by Gasteiger charge is 2.17. The number of nitrogens with one attached hydrogen (secondary N) is 1. The third kappa shape index (κ3) is 2.54. The first kappa shape index (κ1) is 12.4. The van der Waals surface area contributed by atoms with Crippen molar-refractivity contribution in [1.29, 1.82) is 0 Å². The number of pyridine rings is 1. The van der Waals surface area contributed by atoms with Crippen molar-refractivity contribution < 1.29 is 0 Å². The van der Waals surface area contributed by atoms with Crippen molar-refractivity contribution in [2.75, 3.05) is 13.1 Å². The van der Waals surface area contributed by atoms with Crippen molar-refractivity contribution in [1.82, 2.24) is 19.9 Å². The zero-order valence-corrected chi connectivity index (χ0v) is 11.3. The molecule has 0 aromatic carbocycles. The number of piperidine rings is 1. The molecule has 4 nitrogen and oxygen atoms in total. The highest BCUT2D eigenvalue weighted by molar-refractivity contribution is 5.28. The number of aryl methyl sites for hydroxylation is 1. The molecule has 1 fully saturated rings. The summed E-state index contributed by atoms with van der Waals surface area (Å²) < 4.78 is 2.08. The summed E-state index contributed by atoms with van der Waals surface area (Å²) in [5.74, 6) is 2.59. The molecule has 2 aromatic heterocycles. The van der Waals surface area contributed by atoms with Gasteiger partial charge in [0.05, 0.1) is 0 Å². The second kappa shape index (κ2) is 5.53. The minimum atomic E-state index is 0.544. The monoisotopic (exact) mass is 256 g/mol. The fraction of sp³-hybridized carbons (Fsp3) is 0.467. The fourth-order valence-corrected chi connectivity index (χ4v) is 2.71. The summed E-state index contributed by atoms with van der Waals surface area (Å²) in [6, 6.07) is 6.30. The van der Waals surface area contributed by atoms with Gasteiger partial charge in [-0.25, -0.2) is 9.97 Å². The SMILES string of the molecule is CCc1nccn1-c1cccc([C@@H]2CCCNC2)n1. The Morgan fingerprint density at radius 2 is 2.37 bits per heavy atom. The Labute approximate surface area is 113 Å². The summed E-state index contributed by atoms with van der Waals surface area (Å²) in [5, 5.41) is 3.45. The van der Waals surface area contributed by atoms with Crippen LogP contribution >= 0.6 is 0 Å². The van der Waals surface area contributed by atoms with E-state index < -0.39 is 0 Å². The standard InChI is InChI=1S/C15H20N4/c1-2-14-17-9-10-19(14)15-7-3-6-13(18-15)12-5-4-8-16-11-12/h3,6-7,9-10,12,16H,2,4-5,8,11H2,1H3/t12-/m1/s1. The summed E-state index contributed by atoms with van der Waals surface area (Å²) in [7, 11) is 0. The van der Waals surface area contributed by atoms with Gasteiger partial charge in [-0.1, -0.05) is 13.0 Å². The van der Waals surface area contributed by atoms with Crippen LogP contribution in [0.4, 0.5) is 0 Å². The first-order valence-corrected chi connectivity index (χ1v) is 7.08. The molecule has 3 rings (SSSR count). The predicted molar refractivity (Wildman–Crippen MR) is 75.6 cm³/mol. The van der Waals surface area contributed by atoms with Gasteiger partial charge >= 0.3 is 0 Å². The Bertz CT molecular complexity index is 541. The van der Waals surface area contributed by atoms with Crippen molar-refractivity contribution >= 4 is 0 Å². The van der Waals surface area contributed by atoms with Crippen LogP contribution in [-0.4, -0.2) is 27.6 Å². The van der Waals surface area contributed by atoms with Crippen LogP contribution in [0.1, 0.15) is 37.2 Å². The molecule has 0 bridgehead atoms. The number of aromatic nitrogens is 3. The molecule has 1 N–H and O–H groups in total. The second-order valence-corrected chi connectivity index (χ2v) is 5.03. The van der Waals surface area contributed by atoms with Crippen LogP contribution in [0.25, 0.3) is 5.82 Å². The minimum Gasteiger partial charge on any atom is -0.316 e. The van der Waals surface area contributed by atoms with E-state index in [1.54, 1.807) is 0 Å². The fourth-order valence-electron chi connectivity index (χ4n) is 2.71. The molecule has 3 heterocycles. The maximum atomic E-state index is 4.83. The van der Waals surface area contributed by atoms with E-state index in [4.69, 9.17) is 4.98 Å². The summed E-state index contributed by atoms with van der Waals surface area (Å²) in [5.41, 5.74) is 1.19. The average Bonchev–Trinajstić information content (AvgIpc) is 2.97. The van der Waals surface area contributed by atoms with Crippen LogP contribution in [0, 0.1) is 0 Å². The normalized spacial score (nSPS) is 19.5. The Hall–Kier alpha value is -1.68. The molecule has 1 atom stereocenters. The topological polar surface area (TPSA) is 42.7 Å². The van der Waals surface area contributed by atoms with Gasteiger partial charge in [-0.05, 0) is 31.5 Å². The third-order valence-corrected chi connectivity index (χ3v) is 3.75. The van der Waals surface area contributed by atoms with Crippen molar-refractivity contribution in [3.8, 4) is 5.82 Å². The van der Waals surface area contributed by atoms with E-state index in [9.17, 15) is 0 Å². The lowest BCUT2D eigenvalue weighted by Crippen LogP contribution is -2.29. The lowest BCUT2D eigenvalue weighted by molar-refractivity contribution is 0.454. The van der Waals surface area contributed by atoms with Crippen molar-refractivity contribution in [3.63, 3.8) is 0 Å². The smallest absolute Gasteiger partial charge is 0.138 e. The van der Waals surface area contributed by atoms with Gasteiger partial charge in [-0.2, -0.15) is 0 Å². The summed E-state index contributed by atoms with van der Waals surface area (Å²) in [6.07, 6.45) is 7.22. The molecule has 0 aliphatic carbocycles. The molecular weight excluding hydrogens is 236 g/mol. The lowest BCUT2D eigenvalue weighted by atomic mass is 9.96. The van der Waals surface area contributed by atoms with Crippen LogP contribution in [0.3, 0.4) is 0 Å². The van der Waals surface area contributed by atoms with Gasteiger partial charge in [0.15, 0.2) is 0 Å². The van der Waals surface area contributed by atoms with E-state index in [-0.39, 0.29) is 0 Å². The first-order chi connectivity index (χ1) is 9.38. The van der Waals surface area contributed by atoms with Crippen molar-refractivity contribution in [2.24, 2.45) is 0 Å². The summed E-state index contributed by atoms with van der Waals surface area (Å²) in [6.45, 7) is 4.30. The highest BCUT2D eigenvalue weighted by Crippen LogP contribution is 2.22. The maximum Gasteiger partial charge on any atom is 0.138 e. The Morgan fingerprint density at radius 3 is 3.16 bits per heavy atom. The van der Waals surface area contributed by atoms with Gasteiger partial charge in [0, 0.05) is 37.0 Å². The molecule has 0 amide bonds. The summed E-state index contributed by atoms with van der Waals surface area (Å²) in [4.78, 5) is 9.19. The van der Waals surface area contributed by atoms with E-state index in [1.165, 1.54) is 18.5 Å². The number of imidazole rings is 1. The van der Waals surface area contributed by atoms with Crippen molar-refractivity contribution in [3.05, 3.63) is 42.1 Å². The van der Waals surface area contributed by atoms with Gasteiger partial charge in [0.1, 0.15) is 11.6 Å². The maximum absolute atomic E-state index is 4.83. The minimum absolute atomic E-state index is 0.544. The predicted octanol–water partition coefficient (Wildman–Crippen LogP) is 2.30. The van der Waals surface area contributed by atoms with E-state index in [2.05, 4.69) is 40.0 Å². The third-order valence-electron chi connectivity index (χ3n) is 3.75. The van der Waals surface area contributed by atoms with Crippen molar-refractivity contribution in [2.45, 2.75) is 32.1 Å².